The molecule has 32 nitrogen and oxygen atoms in total. The number of carbonyl (C=O) groups is 9. The molecule has 6 aromatic rings. The average Bonchev–Trinajstić information content (AvgIpc) is 0.755. The normalized spacial score (nSPS) is 28.0. The van der Waals surface area contributed by atoms with E-state index in [0.717, 1.165) is 112 Å². The van der Waals surface area contributed by atoms with Crippen LogP contribution in [-0.4, -0.2) is 174 Å². The number of hydrogen-bond donors (Lipinski definition) is 19. The number of aliphatic hydroxyl groups is 6. The quantitative estimate of drug-likeness (QED) is 0.0610. The van der Waals surface area contributed by atoms with E-state index in [1.807, 2.05) is 20.8 Å². The molecule has 10 amide bonds. The van der Waals surface area contributed by atoms with Gasteiger partial charge in [0.15, 0.2) is 11.5 Å². The van der Waals surface area contributed by atoms with Crippen LogP contribution < -0.4 is 67.4 Å². The first-order valence-electron chi connectivity index (χ1n) is 37.8. The molecule has 606 valence electrons. The zero-order chi connectivity index (χ0) is 81.4. The molecule has 0 spiro atoms. The molecule has 0 aromatic heterocycles. The lowest BCUT2D eigenvalue weighted by molar-refractivity contribution is -0.277. The Morgan fingerprint density at radius 1 is 0.623 bits per heavy atom. The first-order chi connectivity index (χ1) is 54.4. The second-order valence-corrected chi connectivity index (χ2v) is 31.5. The Kier molecular flexibility index (Phi) is 24.6. The van der Waals surface area contributed by atoms with Crippen molar-refractivity contribution in [3.63, 3.8) is 0 Å². The van der Waals surface area contributed by atoms with Crippen LogP contribution in [0.4, 0.5) is 10.5 Å². The maximum atomic E-state index is 16.4. The number of aromatic hydroxyl groups is 3. The topological polar surface area (TPSA) is 493 Å². The molecular weight excluding hydrogens is 1520 g/mol. The summed E-state index contributed by atoms with van der Waals surface area (Å²) in [6.07, 6.45) is -8.19. The minimum absolute atomic E-state index is 0.0693. The lowest BCUT2D eigenvalue weighted by atomic mass is 9.54. The molecule has 1 saturated heterocycles. The molecule has 16 rings (SSSR count). The Labute approximate surface area is 663 Å². The van der Waals surface area contributed by atoms with Crippen LogP contribution >= 0.6 is 23.2 Å². The summed E-state index contributed by atoms with van der Waals surface area (Å²) < 4.78 is 25.4. The predicted molar refractivity (Wildman–Crippen MR) is 407 cm³/mol. The van der Waals surface area contributed by atoms with Crippen molar-refractivity contribution in [2.75, 3.05) is 19.0 Å². The summed E-state index contributed by atoms with van der Waals surface area (Å²) in [5, 5.41) is 130. The first-order valence-corrected chi connectivity index (χ1v) is 38.5. The fourth-order valence-corrected chi connectivity index (χ4v) is 17.1. The van der Waals surface area contributed by atoms with Crippen molar-refractivity contribution in [1.29, 1.82) is 0 Å². The van der Waals surface area contributed by atoms with Crippen LogP contribution in [-0.2, 0) is 49.5 Å². The van der Waals surface area contributed by atoms with Gasteiger partial charge in [0.25, 0.3) is 0 Å². The fourth-order valence-electron chi connectivity index (χ4n) is 16.6. The minimum Gasteiger partial charge on any atom is -0.508 e. The van der Waals surface area contributed by atoms with Crippen molar-refractivity contribution in [1.82, 2.24) is 47.9 Å². The lowest BCUT2D eigenvalue weighted by Crippen LogP contribution is -2.60. The Balaban J connectivity index is 0.991. The number of rotatable bonds is 16. The van der Waals surface area contributed by atoms with Crippen molar-refractivity contribution in [3.05, 3.63) is 147 Å². The number of ether oxygens (including phenoxy) is 4. The Morgan fingerprint density at radius 3 is 1.85 bits per heavy atom. The van der Waals surface area contributed by atoms with Gasteiger partial charge in [-0.15, -0.1) is 0 Å². The number of imide groups is 1. The van der Waals surface area contributed by atoms with E-state index in [2.05, 4.69) is 53.2 Å². The Hall–Kier alpha value is -10.4. The average molecular weight is 1610 g/mol. The van der Waals surface area contributed by atoms with Gasteiger partial charge in [0.05, 0.1) is 29.1 Å². The van der Waals surface area contributed by atoms with Gasteiger partial charge in [0.2, 0.25) is 59.3 Å². The molecule has 34 heteroatoms. The number of nitrogens with one attached hydrogen (secondary N) is 10. The molecule has 4 saturated carbocycles. The number of phenolic OH excluding ortho intramolecular Hbond substituents is 3. The van der Waals surface area contributed by atoms with Crippen molar-refractivity contribution in [2.45, 2.75) is 176 Å². The van der Waals surface area contributed by atoms with E-state index >= 15 is 28.8 Å². The highest BCUT2D eigenvalue weighted by molar-refractivity contribution is 6.32. The number of halogens is 2. The third-order valence-corrected chi connectivity index (χ3v) is 22.8. The largest absolute Gasteiger partial charge is 0.508 e. The zero-order valence-electron chi connectivity index (χ0n) is 62.2. The highest BCUT2D eigenvalue weighted by Gasteiger charge is 2.51. The number of likely N-dealkylation sites (N-methyl/N-ethyl adjacent to an activating group) is 1. The molecule has 3 unspecified atom stereocenters. The molecule has 0 radical (unpaired) electrons. The van der Waals surface area contributed by atoms with E-state index in [4.69, 9.17) is 42.1 Å². The Morgan fingerprint density at radius 2 is 1.24 bits per heavy atom. The van der Waals surface area contributed by atoms with E-state index < -0.39 is 197 Å². The number of aryl methyl sites for hydroxylation is 1. The summed E-state index contributed by atoms with van der Waals surface area (Å²) in [5.41, 5.74) is -0.974. The summed E-state index contributed by atoms with van der Waals surface area (Å²) >= 11 is 14.2. The van der Waals surface area contributed by atoms with Gasteiger partial charge in [-0.3, -0.25) is 43.7 Å². The number of fused-ring (bicyclic) bond motifs is 15. The van der Waals surface area contributed by atoms with Gasteiger partial charge < -0.3 is 113 Å². The molecule has 10 aliphatic rings. The van der Waals surface area contributed by atoms with Crippen LogP contribution in [0.25, 0.3) is 11.1 Å². The fraction of sp³-hybridized carbons (Fsp3) is 0.438. The summed E-state index contributed by atoms with van der Waals surface area (Å²) in [7, 11) is 1.48. The van der Waals surface area contributed by atoms with Gasteiger partial charge >= 0.3 is 6.03 Å². The molecule has 14 atom stereocenters. The molecular formula is C80H90Cl2N10O22. The molecule has 114 heavy (non-hydrogen) atoms. The number of benzene rings is 6. The number of anilines is 1. The van der Waals surface area contributed by atoms with Crippen LogP contribution in [0.3, 0.4) is 0 Å². The van der Waals surface area contributed by atoms with E-state index in [-0.39, 0.29) is 85.8 Å². The number of carbonyl (C=O) groups excluding carboxylic acids is 9. The maximum absolute atomic E-state index is 16.4. The van der Waals surface area contributed by atoms with Crippen LogP contribution in [0.5, 0.6) is 46.0 Å². The van der Waals surface area contributed by atoms with Gasteiger partial charge in [0.1, 0.15) is 102 Å². The standard InChI is InChI=1S/C80H90Cl2N10O22/c1-5-6-7-34-8-13-43(14-9-34)84-80(110)86-58(97)31-50-73(104)88-62-42-27-55(111-53-16-11-38(25-47(53)81)66(98)64(77(108)85-50)91-72(103)49(83-4)18-33(2)3)71(114-79-70(102)69(101)68(100)57(32-93)113-79)56(28-42)112-54-17-12-39(26-48(54)82)67(99)65-78(109)90-63(76(107)87-60-40-20-35-19-36(22-40)23-41(60)21-35)46-29-44(94)30-52(96)59(46)45-24-37(10-15-51(45)95)61(74(105)92-65)89-75(62)106/h8-17,24-30,33,35-36,40-41,49-50,57,60-70,79,83,93-96,98-102H,5-7,18-23,31-32H2,1-4H3,(H,85,108)(H,87,107)(H,88,104)(H,89,106)(H,90,109)(H,91,103)(H,92,105)(H2,84,86,97,110)/t35?,36?,40?,41?,49-,50?,57-,60?,61-,62?,63-,64?,65+,66-,67-,68-,69+,70-,79-/m1/s1. The Bertz CT molecular complexity index is 4700. The van der Waals surface area contributed by atoms with Crippen LogP contribution in [0.2, 0.25) is 10.0 Å². The maximum Gasteiger partial charge on any atom is 0.325 e. The molecule has 15 bridgehead atoms. The van der Waals surface area contributed by atoms with Crippen molar-refractivity contribution in [3.8, 4) is 57.1 Å². The second kappa shape index (κ2) is 34.4. The highest BCUT2D eigenvalue weighted by atomic mass is 35.5. The molecule has 6 aliphatic heterocycles. The van der Waals surface area contributed by atoms with Gasteiger partial charge in [-0.1, -0.05) is 80.7 Å². The van der Waals surface area contributed by atoms with Gasteiger partial charge in [-0.05, 0) is 188 Å². The van der Waals surface area contributed by atoms with Crippen molar-refractivity contribution < 1.29 is 108 Å². The van der Waals surface area contributed by atoms with E-state index in [1.54, 1.807) is 24.3 Å². The molecule has 6 heterocycles. The molecule has 5 fully saturated rings. The zero-order valence-corrected chi connectivity index (χ0v) is 63.7. The van der Waals surface area contributed by atoms with Crippen molar-refractivity contribution in [2.24, 2.45) is 29.6 Å². The first kappa shape index (κ1) is 81.6. The van der Waals surface area contributed by atoms with Gasteiger partial charge in [0, 0.05) is 28.9 Å². The van der Waals surface area contributed by atoms with E-state index in [0.29, 0.717) is 11.8 Å². The number of hydrogen-bond acceptors (Lipinski definition) is 23. The number of aliphatic hydroxyl groups excluding tert-OH is 6. The smallest absolute Gasteiger partial charge is 0.325 e. The molecule has 4 aliphatic carbocycles. The third-order valence-electron chi connectivity index (χ3n) is 22.2. The number of phenols is 3. The van der Waals surface area contributed by atoms with Crippen LogP contribution in [0.15, 0.2) is 103 Å². The highest BCUT2D eigenvalue weighted by Crippen LogP contribution is 2.55. The second-order valence-electron chi connectivity index (χ2n) is 30.6. The lowest BCUT2D eigenvalue weighted by Gasteiger charge is -2.54. The molecule has 19 N–H and O–H groups in total. The molecule has 6 aromatic carbocycles. The number of urea groups is 1. The van der Waals surface area contributed by atoms with Crippen LogP contribution in [0, 0.1) is 29.6 Å². The SMILES string of the molecule is CCCCc1ccc(NC(=O)NC(=O)CC2NC(=O)C(NC(=O)[C@@H](CC(C)C)NC)[C@H](O)c3ccc(c(Cl)c3)Oc3cc4cc(c3O[C@H]3O[C@H](CO)[C@@H](O)[C@H](O)[C@H]3O)Oc3ccc(cc3Cl)[C@@H](O)[C@@H]3NC(=O)[C@H](NC(=O)C4NC2=O)c2ccc(O)c(c2)-c2c(O)cc(O)cc2[C@H](C(=O)NC2C4CC5CC(C4)CC2C5)NC3=O)cc1. The minimum atomic E-state index is -2.38. The summed E-state index contributed by atoms with van der Waals surface area (Å²) in [6.45, 7) is 4.72. The summed E-state index contributed by atoms with van der Waals surface area (Å²) in [6, 6.07) is 5.61. The predicted octanol–water partition coefficient (Wildman–Crippen LogP) is 4.93. The van der Waals surface area contributed by atoms with Crippen molar-refractivity contribution >= 4 is 82.2 Å². The van der Waals surface area contributed by atoms with E-state index in [1.165, 1.54) is 31.3 Å². The number of amides is 10. The van der Waals surface area contributed by atoms with E-state index in [9.17, 15) is 60.3 Å². The summed E-state index contributed by atoms with van der Waals surface area (Å²) in [5.74, 6) is -13.5. The van der Waals surface area contributed by atoms with Gasteiger partial charge in [-0.2, -0.15) is 0 Å². The summed E-state index contributed by atoms with van der Waals surface area (Å²) in [4.78, 5) is 137. The van der Waals surface area contributed by atoms with Crippen LogP contribution in [0.1, 0.15) is 142 Å². The number of unbranched alkanes of at least 4 members (excludes halogenated alkanes) is 1. The van der Waals surface area contributed by atoms with Gasteiger partial charge in [-0.25, -0.2) is 4.79 Å². The third kappa shape index (κ3) is 17.5. The monoisotopic (exact) mass is 1610 g/mol.